The van der Waals surface area contributed by atoms with Crippen LogP contribution >= 0.6 is 11.6 Å². The number of hydrogen-bond acceptors (Lipinski definition) is 4. The number of ether oxygens (including phenoxy) is 1. The summed E-state index contributed by atoms with van der Waals surface area (Å²) in [4.78, 5) is 0.0270. The first-order chi connectivity index (χ1) is 8.92. The second-order valence-electron chi connectivity index (χ2n) is 4.69. The average Bonchev–Trinajstić information content (AvgIpc) is 2.33. The van der Waals surface area contributed by atoms with Crippen molar-refractivity contribution in [2.24, 2.45) is 0 Å². The molecule has 0 bridgehead atoms. The first-order valence-electron chi connectivity index (χ1n) is 5.91. The molecule has 0 aliphatic heterocycles. The quantitative estimate of drug-likeness (QED) is 0.865. The van der Waals surface area contributed by atoms with Crippen LogP contribution in [0.15, 0.2) is 23.1 Å². The molecule has 5 nitrogen and oxygen atoms in total. The van der Waals surface area contributed by atoms with Crippen molar-refractivity contribution in [1.29, 1.82) is 0 Å². The normalized spacial score (nSPS) is 17.8. The molecule has 1 saturated carbocycles. The number of halogens is 1. The Balaban J connectivity index is 2.34. The number of aliphatic hydroxyl groups excluding tert-OH is 1. The van der Waals surface area contributed by atoms with Crippen LogP contribution in [0.25, 0.3) is 0 Å². The van der Waals surface area contributed by atoms with E-state index in [1.807, 2.05) is 0 Å². The van der Waals surface area contributed by atoms with Gasteiger partial charge in [0.05, 0.1) is 19.3 Å². The van der Waals surface area contributed by atoms with Gasteiger partial charge in [0.2, 0.25) is 10.0 Å². The van der Waals surface area contributed by atoms with Crippen LogP contribution < -0.4 is 9.46 Å². The molecule has 19 heavy (non-hydrogen) atoms. The molecule has 0 unspecified atom stereocenters. The molecule has 0 heterocycles. The molecule has 0 saturated heterocycles. The molecule has 106 valence electrons. The summed E-state index contributed by atoms with van der Waals surface area (Å²) in [6.45, 7) is -0.206. The SMILES string of the molecule is COc1cc(Cl)ccc1S(=O)(=O)NC1(CO)CCC1. The van der Waals surface area contributed by atoms with E-state index in [4.69, 9.17) is 16.3 Å². The molecule has 0 amide bonds. The van der Waals surface area contributed by atoms with Crippen LogP contribution in [0.2, 0.25) is 5.02 Å². The van der Waals surface area contributed by atoms with Gasteiger partial charge in [-0.05, 0) is 31.4 Å². The van der Waals surface area contributed by atoms with Crippen molar-refractivity contribution < 1.29 is 18.3 Å². The molecule has 2 N–H and O–H groups in total. The van der Waals surface area contributed by atoms with Gasteiger partial charge in [0.15, 0.2) is 0 Å². The van der Waals surface area contributed by atoms with Gasteiger partial charge in [-0.3, -0.25) is 0 Å². The highest BCUT2D eigenvalue weighted by Gasteiger charge is 2.40. The Morgan fingerprint density at radius 1 is 1.47 bits per heavy atom. The molecule has 1 aromatic rings. The van der Waals surface area contributed by atoms with Gasteiger partial charge in [0.25, 0.3) is 0 Å². The number of hydrogen-bond donors (Lipinski definition) is 2. The molecule has 1 aromatic carbocycles. The van der Waals surface area contributed by atoms with E-state index in [2.05, 4.69) is 4.72 Å². The van der Waals surface area contributed by atoms with Crippen molar-refractivity contribution in [2.75, 3.05) is 13.7 Å². The molecule has 1 aliphatic rings. The minimum Gasteiger partial charge on any atom is -0.495 e. The fourth-order valence-corrected chi connectivity index (χ4v) is 3.86. The zero-order valence-electron chi connectivity index (χ0n) is 10.5. The summed E-state index contributed by atoms with van der Waals surface area (Å²) in [6, 6.07) is 4.33. The Labute approximate surface area is 117 Å². The molecule has 7 heteroatoms. The summed E-state index contributed by atoms with van der Waals surface area (Å²) >= 11 is 5.81. The van der Waals surface area contributed by atoms with Crippen LogP contribution in [0, 0.1) is 0 Å². The highest BCUT2D eigenvalue weighted by molar-refractivity contribution is 7.89. The Bertz CT molecular complexity index is 564. The fraction of sp³-hybridized carbons (Fsp3) is 0.500. The lowest BCUT2D eigenvalue weighted by Crippen LogP contribution is -2.55. The third kappa shape index (κ3) is 2.86. The van der Waals surface area contributed by atoms with E-state index in [9.17, 15) is 13.5 Å². The lowest BCUT2D eigenvalue weighted by atomic mass is 9.78. The second-order valence-corrected chi connectivity index (χ2v) is 6.78. The van der Waals surface area contributed by atoms with Crippen LogP contribution in [0.5, 0.6) is 5.75 Å². The van der Waals surface area contributed by atoms with Crippen molar-refractivity contribution in [2.45, 2.75) is 29.7 Å². The molecule has 1 aliphatic carbocycles. The number of sulfonamides is 1. The maximum atomic E-state index is 12.3. The van der Waals surface area contributed by atoms with E-state index in [0.29, 0.717) is 17.9 Å². The lowest BCUT2D eigenvalue weighted by molar-refractivity contribution is 0.110. The van der Waals surface area contributed by atoms with Crippen LogP contribution in [-0.2, 0) is 10.0 Å². The van der Waals surface area contributed by atoms with Gasteiger partial charge in [-0.25, -0.2) is 13.1 Å². The number of methoxy groups -OCH3 is 1. The van der Waals surface area contributed by atoms with E-state index in [1.54, 1.807) is 0 Å². The Kier molecular flexibility index (Phi) is 4.06. The van der Waals surface area contributed by atoms with Gasteiger partial charge in [-0.15, -0.1) is 0 Å². The molecule has 1 fully saturated rings. The average molecular weight is 306 g/mol. The van der Waals surface area contributed by atoms with Crippen molar-refractivity contribution in [1.82, 2.24) is 4.72 Å². The lowest BCUT2D eigenvalue weighted by Gasteiger charge is -2.40. The maximum absolute atomic E-state index is 12.3. The summed E-state index contributed by atoms with van der Waals surface area (Å²) in [6.07, 6.45) is 2.18. The minimum atomic E-state index is -3.74. The molecule has 0 spiro atoms. The topological polar surface area (TPSA) is 75.6 Å². The van der Waals surface area contributed by atoms with Crippen molar-refractivity contribution in [3.8, 4) is 5.75 Å². The summed E-state index contributed by atoms with van der Waals surface area (Å²) in [7, 11) is -2.36. The van der Waals surface area contributed by atoms with Crippen molar-refractivity contribution in [3.63, 3.8) is 0 Å². The summed E-state index contributed by atoms with van der Waals surface area (Å²) in [5.41, 5.74) is -0.733. The molecular formula is C12H16ClNO4S. The Morgan fingerprint density at radius 3 is 2.63 bits per heavy atom. The minimum absolute atomic E-state index is 0.0270. The monoisotopic (exact) mass is 305 g/mol. The van der Waals surface area contributed by atoms with Gasteiger partial charge in [-0.2, -0.15) is 0 Å². The summed E-state index contributed by atoms with van der Waals surface area (Å²) in [5, 5.41) is 9.74. The molecule has 0 aromatic heterocycles. The second kappa shape index (κ2) is 5.28. The van der Waals surface area contributed by atoms with Crippen LogP contribution in [0.4, 0.5) is 0 Å². The number of rotatable bonds is 5. The smallest absolute Gasteiger partial charge is 0.244 e. The van der Waals surface area contributed by atoms with E-state index in [0.717, 1.165) is 6.42 Å². The molecular weight excluding hydrogens is 290 g/mol. The highest BCUT2D eigenvalue weighted by Crippen LogP contribution is 2.34. The standard InChI is InChI=1S/C12H16ClNO4S/c1-18-10-7-9(13)3-4-11(10)19(16,17)14-12(8-15)5-2-6-12/h3-4,7,14-15H,2,5-6,8H2,1H3. The third-order valence-corrected chi connectivity index (χ3v) is 5.23. The van der Waals surface area contributed by atoms with Gasteiger partial charge >= 0.3 is 0 Å². The zero-order valence-corrected chi connectivity index (χ0v) is 12.1. The largest absolute Gasteiger partial charge is 0.495 e. The fourth-order valence-electron chi connectivity index (χ4n) is 2.10. The summed E-state index contributed by atoms with van der Waals surface area (Å²) in [5.74, 6) is 0.187. The van der Waals surface area contributed by atoms with E-state index < -0.39 is 15.6 Å². The molecule has 0 radical (unpaired) electrons. The van der Waals surface area contributed by atoms with Gasteiger partial charge in [-0.1, -0.05) is 11.6 Å². The van der Waals surface area contributed by atoms with Crippen molar-refractivity contribution >= 4 is 21.6 Å². The van der Waals surface area contributed by atoms with Gasteiger partial charge < -0.3 is 9.84 Å². The zero-order chi connectivity index (χ0) is 14.1. The Morgan fingerprint density at radius 2 is 2.16 bits per heavy atom. The first kappa shape index (κ1) is 14.6. The number of nitrogens with one attached hydrogen (secondary N) is 1. The van der Waals surface area contributed by atoms with Gasteiger partial charge in [0, 0.05) is 11.1 Å². The van der Waals surface area contributed by atoms with Crippen molar-refractivity contribution in [3.05, 3.63) is 23.2 Å². The highest BCUT2D eigenvalue weighted by atomic mass is 35.5. The molecule has 0 atom stereocenters. The van der Waals surface area contributed by atoms with Crippen LogP contribution in [-0.4, -0.2) is 32.8 Å². The van der Waals surface area contributed by atoms with E-state index in [-0.39, 0.29) is 17.3 Å². The molecule has 2 rings (SSSR count). The van der Waals surface area contributed by atoms with E-state index in [1.165, 1.54) is 25.3 Å². The predicted octanol–water partition coefficient (Wildman–Crippen LogP) is 1.54. The van der Waals surface area contributed by atoms with E-state index >= 15 is 0 Å². The summed E-state index contributed by atoms with van der Waals surface area (Å²) < 4.78 is 32.3. The number of aliphatic hydroxyl groups is 1. The van der Waals surface area contributed by atoms with Gasteiger partial charge in [0.1, 0.15) is 10.6 Å². The predicted molar refractivity (Wildman–Crippen MR) is 72.0 cm³/mol. The van der Waals surface area contributed by atoms with Crippen LogP contribution in [0.3, 0.4) is 0 Å². The Hall–Kier alpha value is -0.820. The van der Waals surface area contributed by atoms with Crippen LogP contribution in [0.1, 0.15) is 19.3 Å². The third-order valence-electron chi connectivity index (χ3n) is 3.38. The number of benzene rings is 1. The first-order valence-corrected chi connectivity index (χ1v) is 7.77. The maximum Gasteiger partial charge on any atom is 0.244 e.